The number of hydrogen-bond acceptors (Lipinski definition) is 2. The van der Waals surface area contributed by atoms with Crippen LogP contribution in [0.1, 0.15) is 38.3 Å². The maximum atomic E-state index is 12.3. The van der Waals surface area contributed by atoms with E-state index in [1.807, 2.05) is 39.0 Å². The smallest absolute Gasteiger partial charge is 0.331 e. The zero-order valence-electron chi connectivity index (χ0n) is 12.2. The lowest BCUT2D eigenvalue weighted by Gasteiger charge is -2.16. The Morgan fingerprint density at radius 2 is 2.05 bits per heavy atom. The lowest BCUT2D eigenvalue weighted by molar-refractivity contribution is -0.132. The number of carboxylic acids is 1. The minimum absolute atomic E-state index is 0.0294. The SMILES string of the molecule is CCC(=Cc1cccc2c1N(C)C(=O)C2(C)C)C(=O)O. The van der Waals surface area contributed by atoms with E-state index in [4.69, 9.17) is 5.11 Å². The maximum absolute atomic E-state index is 12.3. The Balaban J connectivity index is 2.64. The van der Waals surface area contributed by atoms with Crippen molar-refractivity contribution in [2.75, 3.05) is 11.9 Å². The van der Waals surface area contributed by atoms with Crippen LogP contribution in [0.4, 0.5) is 5.69 Å². The van der Waals surface area contributed by atoms with Crippen LogP contribution < -0.4 is 4.90 Å². The molecule has 0 atom stereocenters. The molecule has 2 rings (SSSR count). The molecule has 1 N–H and O–H groups in total. The van der Waals surface area contributed by atoms with Crippen molar-refractivity contribution >= 4 is 23.6 Å². The van der Waals surface area contributed by atoms with Gasteiger partial charge in [0.1, 0.15) is 0 Å². The number of carbonyl (C=O) groups is 2. The van der Waals surface area contributed by atoms with E-state index in [0.29, 0.717) is 12.0 Å². The Hall–Kier alpha value is -2.10. The molecule has 1 aliphatic rings. The van der Waals surface area contributed by atoms with Crippen LogP contribution in [0.3, 0.4) is 0 Å². The van der Waals surface area contributed by atoms with E-state index in [1.165, 1.54) is 0 Å². The first-order chi connectivity index (χ1) is 9.30. The summed E-state index contributed by atoms with van der Waals surface area (Å²) in [6, 6.07) is 5.65. The molecule has 1 heterocycles. The fourth-order valence-electron chi connectivity index (χ4n) is 2.70. The second kappa shape index (κ2) is 4.78. The zero-order valence-corrected chi connectivity index (χ0v) is 12.2. The average Bonchev–Trinajstić information content (AvgIpc) is 2.58. The van der Waals surface area contributed by atoms with Gasteiger partial charge in [0.2, 0.25) is 5.91 Å². The van der Waals surface area contributed by atoms with Crippen LogP contribution in [0.5, 0.6) is 0 Å². The molecule has 4 heteroatoms. The van der Waals surface area contributed by atoms with Crippen LogP contribution in [0.2, 0.25) is 0 Å². The quantitative estimate of drug-likeness (QED) is 0.861. The second-order valence-corrected chi connectivity index (χ2v) is 5.56. The molecule has 1 aromatic rings. The average molecular weight is 273 g/mol. The lowest BCUT2D eigenvalue weighted by Crippen LogP contribution is -2.33. The number of carbonyl (C=O) groups excluding carboxylic acids is 1. The van der Waals surface area contributed by atoms with Gasteiger partial charge in [-0.05, 0) is 37.5 Å². The number of para-hydroxylation sites is 1. The third kappa shape index (κ3) is 2.01. The number of carboxylic acid groups (broad SMARTS) is 1. The molecule has 0 fully saturated rings. The van der Waals surface area contributed by atoms with E-state index in [9.17, 15) is 9.59 Å². The van der Waals surface area contributed by atoms with E-state index in [-0.39, 0.29) is 5.91 Å². The molecule has 20 heavy (non-hydrogen) atoms. The van der Waals surface area contributed by atoms with Gasteiger partial charge in [-0.15, -0.1) is 0 Å². The molecule has 1 amide bonds. The summed E-state index contributed by atoms with van der Waals surface area (Å²) in [5.74, 6) is -0.891. The van der Waals surface area contributed by atoms with Crippen LogP contribution in [0.25, 0.3) is 6.08 Å². The highest BCUT2D eigenvalue weighted by atomic mass is 16.4. The molecule has 1 aliphatic heterocycles. The van der Waals surface area contributed by atoms with Crippen molar-refractivity contribution in [1.29, 1.82) is 0 Å². The minimum atomic E-state index is -0.920. The summed E-state index contributed by atoms with van der Waals surface area (Å²) in [7, 11) is 1.74. The van der Waals surface area contributed by atoms with Crippen molar-refractivity contribution in [1.82, 2.24) is 0 Å². The van der Waals surface area contributed by atoms with Crippen LogP contribution >= 0.6 is 0 Å². The standard InChI is InChI=1S/C16H19NO3/c1-5-10(14(18)19)9-11-7-6-8-12-13(11)17(4)15(20)16(12,2)3/h6-9H,5H2,1-4H3,(H,18,19). The molecule has 0 saturated carbocycles. The monoisotopic (exact) mass is 273 g/mol. The Kier molecular flexibility index (Phi) is 3.42. The van der Waals surface area contributed by atoms with Gasteiger partial charge in [-0.3, -0.25) is 4.79 Å². The number of aliphatic carboxylic acids is 1. The zero-order chi connectivity index (χ0) is 15.1. The first kappa shape index (κ1) is 14.3. The van der Waals surface area contributed by atoms with Gasteiger partial charge in [0.15, 0.2) is 0 Å². The summed E-state index contributed by atoms with van der Waals surface area (Å²) >= 11 is 0. The fourth-order valence-corrected chi connectivity index (χ4v) is 2.70. The Bertz CT molecular complexity index is 614. The highest BCUT2D eigenvalue weighted by Gasteiger charge is 2.42. The number of hydrogen-bond donors (Lipinski definition) is 1. The van der Waals surface area contributed by atoms with Crippen molar-refractivity contribution in [2.24, 2.45) is 0 Å². The summed E-state index contributed by atoms with van der Waals surface area (Å²) < 4.78 is 0. The van der Waals surface area contributed by atoms with Gasteiger partial charge >= 0.3 is 5.97 Å². The summed E-state index contributed by atoms with van der Waals surface area (Å²) in [6.45, 7) is 5.59. The van der Waals surface area contributed by atoms with E-state index < -0.39 is 11.4 Å². The van der Waals surface area contributed by atoms with Gasteiger partial charge in [-0.2, -0.15) is 0 Å². The van der Waals surface area contributed by atoms with Crippen LogP contribution in [-0.2, 0) is 15.0 Å². The second-order valence-electron chi connectivity index (χ2n) is 5.56. The Morgan fingerprint density at radius 3 is 2.60 bits per heavy atom. The first-order valence-corrected chi connectivity index (χ1v) is 6.66. The molecule has 0 saturated heterocycles. The largest absolute Gasteiger partial charge is 0.478 e. The Labute approximate surface area is 118 Å². The third-order valence-corrected chi connectivity index (χ3v) is 3.90. The van der Waals surface area contributed by atoms with Crippen LogP contribution in [-0.4, -0.2) is 24.0 Å². The molecular formula is C16H19NO3. The van der Waals surface area contributed by atoms with Crippen molar-refractivity contribution < 1.29 is 14.7 Å². The minimum Gasteiger partial charge on any atom is -0.478 e. The Morgan fingerprint density at radius 1 is 1.40 bits per heavy atom. The molecule has 0 spiro atoms. The van der Waals surface area contributed by atoms with Gasteiger partial charge in [0.25, 0.3) is 0 Å². The molecule has 0 bridgehead atoms. The third-order valence-electron chi connectivity index (χ3n) is 3.90. The van der Waals surface area contributed by atoms with E-state index in [2.05, 4.69) is 0 Å². The van der Waals surface area contributed by atoms with Crippen molar-refractivity contribution in [3.05, 3.63) is 34.9 Å². The van der Waals surface area contributed by atoms with Gasteiger partial charge in [-0.25, -0.2) is 4.79 Å². The number of amides is 1. The molecule has 106 valence electrons. The van der Waals surface area contributed by atoms with Crippen molar-refractivity contribution in [3.63, 3.8) is 0 Å². The predicted molar refractivity (Wildman–Crippen MR) is 78.8 cm³/mol. The van der Waals surface area contributed by atoms with Crippen LogP contribution in [0, 0.1) is 0 Å². The van der Waals surface area contributed by atoms with Crippen molar-refractivity contribution in [3.8, 4) is 0 Å². The fraction of sp³-hybridized carbons (Fsp3) is 0.375. The number of nitrogens with zero attached hydrogens (tertiary/aromatic N) is 1. The number of likely N-dealkylation sites (N-methyl/N-ethyl adjacent to an activating group) is 1. The summed E-state index contributed by atoms with van der Waals surface area (Å²) in [5.41, 5.74) is 2.31. The number of anilines is 1. The van der Waals surface area contributed by atoms with E-state index in [1.54, 1.807) is 18.0 Å². The molecule has 0 aromatic heterocycles. The highest BCUT2D eigenvalue weighted by Crippen LogP contribution is 2.43. The van der Waals surface area contributed by atoms with E-state index in [0.717, 1.165) is 16.8 Å². The predicted octanol–water partition coefficient (Wildman–Crippen LogP) is 2.82. The summed E-state index contributed by atoms with van der Waals surface area (Å²) in [4.78, 5) is 25.1. The molecule has 1 aromatic carbocycles. The first-order valence-electron chi connectivity index (χ1n) is 6.66. The summed E-state index contributed by atoms with van der Waals surface area (Å²) in [5, 5.41) is 9.15. The highest BCUT2D eigenvalue weighted by molar-refractivity contribution is 6.09. The normalized spacial score (nSPS) is 17.3. The summed E-state index contributed by atoms with van der Waals surface area (Å²) in [6.07, 6.45) is 2.10. The van der Waals surface area contributed by atoms with Crippen molar-refractivity contribution in [2.45, 2.75) is 32.6 Å². The molecule has 4 nitrogen and oxygen atoms in total. The number of fused-ring (bicyclic) bond motifs is 1. The number of benzene rings is 1. The van der Waals surface area contributed by atoms with Gasteiger partial charge in [-0.1, -0.05) is 25.1 Å². The molecular weight excluding hydrogens is 254 g/mol. The van der Waals surface area contributed by atoms with Gasteiger partial charge in [0, 0.05) is 12.6 Å². The lowest BCUT2D eigenvalue weighted by atomic mass is 9.85. The maximum Gasteiger partial charge on any atom is 0.331 e. The number of rotatable bonds is 3. The van der Waals surface area contributed by atoms with Crippen LogP contribution in [0.15, 0.2) is 23.8 Å². The topological polar surface area (TPSA) is 57.6 Å². The molecule has 0 radical (unpaired) electrons. The van der Waals surface area contributed by atoms with Gasteiger partial charge in [0.05, 0.1) is 11.1 Å². The van der Waals surface area contributed by atoms with E-state index >= 15 is 0 Å². The van der Waals surface area contributed by atoms with Gasteiger partial charge < -0.3 is 10.0 Å². The molecule has 0 unspecified atom stereocenters. The molecule has 0 aliphatic carbocycles.